The molecule has 2 rings (SSSR count). The fraction of sp³-hybridized carbons (Fsp3) is 0.176. The summed E-state index contributed by atoms with van der Waals surface area (Å²) >= 11 is 0. The number of ether oxygens (including phenoxy) is 1. The summed E-state index contributed by atoms with van der Waals surface area (Å²) in [6.07, 6.45) is 0. The van der Waals surface area contributed by atoms with Crippen LogP contribution in [0.5, 0.6) is 5.75 Å². The number of carbonyl (C=O) groups is 2. The first-order chi connectivity index (χ1) is 10.6. The Morgan fingerprint density at radius 2 is 1.73 bits per heavy atom. The van der Waals surface area contributed by atoms with Gasteiger partial charge in [-0.2, -0.15) is 0 Å². The van der Waals surface area contributed by atoms with Gasteiger partial charge in [0, 0.05) is 11.3 Å². The number of nitrogens with one attached hydrogen (secondary N) is 2. The third kappa shape index (κ3) is 4.09. The van der Waals surface area contributed by atoms with Crippen LogP contribution in [0.4, 0.5) is 5.69 Å². The predicted molar refractivity (Wildman–Crippen MR) is 85.1 cm³/mol. The molecule has 0 aliphatic rings. The lowest BCUT2D eigenvalue weighted by molar-refractivity contribution is -0.115. The van der Waals surface area contributed by atoms with Crippen LogP contribution >= 0.6 is 0 Å². The third-order valence-corrected chi connectivity index (χ3v) is 3.17. The highest BCUT2D eigenvalue weighted by molar-refractivity contribution is 6.00. The number of aryl methyl sites for hydroxylation is 1. The standard InChI is InChI=1S/C17H18N2O3/c1-12-5-3-4-6-15(12)17(21)18-11-16(20)19-13-7-9-14(22-2)10-8-13/h3-10H,11H2,1-2H3,(H,18,21)(H,19,20). The minimum absolute atomic E-state index is 0.0841. The van der Waals surface area contributed by atoms with E-state index in [0.29, 0.717) is 17.0 Å². The third-order valence-electron chi connectivity index (χ3n) is 3.17. The second kappa shape index (κ2) is 7.26. The fourth-order valence-electron chi connectivity index (χ4n) is 1.96. The maximum atomic E-state index is 12.0. The maximum Gasteiger partial charge on any atom is 0.251 e. The van der Waals surface area contributed by atoms with E-state index in [1.54, 1.807) is 43.5 Å². The molecule has 0 aliphatic carbocycles. The quantitative estimate of drug-likeness (QED) is 0.890. The van der Waals surface area contributed by atoms with Crippen molar-refractivity contribution in [3.63, 3.8) is 0 Å². The van der Waals surface area contributed by atoms with E-state index in [4.69, 9.17) is 4.74 Å². The Hall–Kier alpha value is -2.82. The van der Waals surface area contributed by atoms with Crippen molar-refractivity contribution in [3.05, 3.63) is 59.7 Å². The van der Waals surface area contributed by atoms with Crippen molar-refractivity contribution >= 4 is 17.5 Å². The molecule has 0 unspecified atom stereocenters. The lowest BCUT2D eigenvalue weighted by atomic mass is 10.1. The van der Waals surface area contributed by atoms with Crippen molar-refractivity contribution in [1.82, 2.24) is 5.32 Å². The largest absolute Gasteiger partial charge is 0.497 e. The molecule has 5 nitrogen and oxygen atoms in total. The van der Waals surface area contributed by atoms with Gasteiger partial charge in [-0.1, -0.05) is 18.2 Å². The Balaban J connectivity index is 1.87. The highest BCUT2D eigenvalue weighted by Crippen LogP contribution is 2.14. The second-order valence-electron chi connectivity index (χ2n) is 4.77. The molecule has 0 saturated heterocycles. The van der Waals surface area contributed by atoms with Crippen molar-refractivity contribution in [2.24, 2.45) is 0 Å². The Morgan fingerprint density at radius 1 is 1.05 bits per heavy atom. The Morgan fingerprint density at radius 3 is 2.36 bits per heavy atom. The minimum atomic E-state index is -0.285. The Bertz CT molecular complexity index is 666. The van der Waals surface area contributed by atoms with Crippen LogP contribution in [0.2, 0.25) is 0 Å². The van der Waals surface area contributed by atoms with Crippen LogP contribution in [0.15, 0.2) is 48.5 Å². The van der Waals surface area contributed by atoms with Gasteiger partial charge in [-0.05, 0) is 42.8 Å². The van der Waals surface area contributed by atoms with E-state index in [1.165, 1.54) is 0 Å². The predicted octanol–water partition coefficient (Wildman–Crippen LogP) is 2.37. The molecule has 0 fully saturated rings. The number of carbonyl (C=O) groups excluding carboxylic acids is 2. The van der Waals surface area contributed by atoms with Gasteiger partial charge in [0.15, 0.2) is 0 Å². The van der Waals surface area contributed by atoms with Gasteiger partial charge in [0.05, 0.1) is 13.7 Å². The molecule has 0 spiro atoms. The summed E-state index contributed by atoms with van der Waals surface area (Å²) in [5.41, 5.74) is 2.09. The number of anilines is 1. The molecule has 0 heterocycles. The maximum absolute atomic E-state index is 12.0. The average molecular weight is 298 g/mol. The SMILES string of the molecule is COc1ccc(NC(=O)CNC(=O)c2ccccc2C)cc1. The van der Waals surface area contributed by atoms with Crippen LogP contribution in [0.1, 0.15) is 15.9 Å². The first-order valence-corrected chi connectivity index (χ1v) is 6.88. The zero-order chi connectivity index (χ0) is 15.9. The lowest BCUT2D eigenvalue weighted by Gasteiger charge is -2.09. The van der Waals surface area contributed by atoms with Crippen molar-refractivity contribution in [3.8, 4) is 5.75 Å². The highest BCUT2D eigenvalue weighted by Gasteiger charge is 2.10. The van der Waals surface area contributed by atoms with Gasteiger partial charge in [0.1, 0.15) is 5.75 Å². The lowest BCUT2D eigenvalue weighted by Crippen LogP contribution is -2.33. The molecule has 0 aliphatic heterocycles. The van der Waals surface area contributed by atoms with Crippen LogP contribution in [-0.4, -0.2) is 25.5 Å². The van der Waals surface area contributed by atoms with Gasteiger partial charge < -0.3 is 15.4 Å². The molecule has 0 bridgehead atoms. The Labute approximate surface area is 129 Å². The summed E-state index contributed by atoms with van der Waals surface area (Å²) in [5.74, 6) is 0.168. The van der Waals surface area contributed by atoms with Gasteiger partial charge in [0.2, 0.25) is 5.91 Å². The van der Waals surface area contributed by atoms with Crippen molar-refractivity contribution in [2.45, 2.75) is 6.92 Å². The van der Waals surface area contributed by atoms with Crippen molar-refractivity contribution in [2.75, 3.05) is 19.0 Å². The number of hydrogen-bond donors (Lipinski definition) is 2. The van der Waals surface area contributed by atoms with E-state index in [0.717, 1.165) is 5.56 Å². The molecule has 22 heavy (non-hydrogen) atoms. The summed E-state index contributed by atoms with van der Waals surface area (Å²) in [4.78, 5) is 23.8. The zero-order valence-corrected chi connectivity index (χ0v) is 12.6. The normalized spacial score (nSPS) is 9.91. The van der Waals surface area contributed by atoms with Crippen molar-refractivity contribution in [1.29, 1.82) is 0 Å². The molecule has 114 valence electrons. The molecule has 2 N–H and O–H groups in total. The molecule has 0 aromatic heterocycles. The van der Waals surface area contributed by atoms with E-state index in [9.17, 15) is 9.59 Å². The smallest absolute Gasteiger partial charge is 0.251 e. The topological polar surface area (TPSA) is 67.4 Å². The molecule has 0 saturated carbocycles. The van der Waals surface area contributed by atoms with Crippen LogP contribution in [0.3, 0.4) is 0 Å². The van der Waals surface area contributed by atoms with Gasteiger partial charge in [0.25, 0.3) is 5.91 Å². The first kappa shape index (κ1) is 15.6. The van der Waals surface area contributed by atoms with Crippen LogP contribution in [-0.2, 0) is 4.79 Å². The molecule has 2 aromatic carbocycles. The summed E-state index contributed by atoms with van der Waals surface area (Å²) in [6, 6.07) is 14.2. The number of hydrogen-bond acceptors (Lipinski definition) is 3. The minimum Gasteiger partial charge on any atom is -0.497 e. The summed E-state index contributed by atoms with van der Waals surface area (Å²) in [7, 11) is 1.58. The van der Waals surface area contributed by atoms with Crippen LogP contribution in [0.25, 0.3) is 0 Å². The van der Waals surface area contributed by atoms with Gasteiger partial charge in [-0.15, -0.1) is 0 Å². The number of amides is 2. The van der Waals surface area contributed by atoms with E-state index in [-0.39, 0.29) is 18.4 Å². The molecular formula is C17H18N2O3. The molecule has 5 heteroatoms. The fourth-order valence-corrected chi connectivity index (χ4v) is 1.96. The van der Waals surface area contributed by atoms with Crippen LogP contribution < -0.4 is 15.4 Å². The van der Waals surface area contributed by atoms with Gasteiger partial charge >= 0.3 is 0 Å². The molecule has 2 amide bonds. The van der Waals surface area contributed by atoms with Crippen molar-refractivity contribution < 1.29 is 14.3 Å². The number of methoxy groups -OCH3 is 1. The first-order valence-electron chi connectivity index (χ1n) is 6.88. The monoisotopic (exact) mass is 298 g/mol. The number of benzene rings is 2. The summed E-state index contributed by atoms with van der Waals surface area (Å²) in [6.45, 7) is 1.77. The zero-order valence-electron chi connectivity index (χ0n) is 12.6. The summed E-state index contributed by atoms with van der Waals surface area (Å²) in [5, 5.41) is 5.31. The summed E-state index contributed by atoms with van der Waals surface area (Å²) < 4.78 is 5.04. The van der Waals surface area contributed by atoms with Crippen LogP contribution in [0, 0.1) is 6.92 Å². The van der Waals surface area contributed by atoms with E-state index in [1.807, 2.05) is 19.1 Å². The molecule has 2 aromatic rings. The molecule has 0 radical (unpaired) electrons. The van der Waals surface area contributed by atoms with E-state index < -0.39 is 0 Å². The molecule has 0 atom stereocenters. The Kier molecular flexibility index (Phi) is 5.14. The van der Waals surface area contributed by atoms with E-state index in [2.05, 4.69) is 10.6 Å². The average Bonchev–Trinajstić information content (AvgIpc) is 2.54. The molecular weight excluding hydrogens is 280 g/mol. The highest BCUT2D eigenvalue weighted by atomic mass is 16.5. The van der Waals surface area contributed by atoms with Gasteiger partial charge in [-0.25, -0.2) is 0 Å². The van der Waals surface area contributed by atoms with E-state index >= 15 is 0 Å². The number of rotatable bonds is 5. The van der Waals surface area contributed by atoms with Gasteiger partial charge in [-0.3, -0.25) is 9.59 Å². The second-order valence-corrected chi connectivity index (χ2v) is 4.77.